The van der Waals surface area contributed by atoms with Gasteiger partial charge in [-0.1, -0.05) is 17.7 Å². The highest BCUT2D eigenvalue weighted by atomic mass is 35.5. The molecule has 1 aliphatic heterocycles. The number of benzene rings is 1. The first-order valence-corrected chi connectivity index (χ1v) is 7.06. The van der Waals surface area contributed by atoms with E-state index < -0.39 is 4.92 Å². The van der Waals surface area contributed by atoms with Gasteiger partial charge in [-0.3, -0.25) is 14.8 Å². The van der Waals surface area contributed by atoms with E-state index >= 15 is 0 Å². The molecule has 1 fully saturated rings. The van der Waals surface area contributed by atoms with E-state index in [4.69, 9.17) is 11.6 Å². The van der Waals surface area contributed by atoms with Crippen LogP contribution in [0.5, 0.6) is 0 Å². The van der Waals surface area contributed by atoms with E-state index in [2.05, 4.69) is 10.00 Å². The maximum Gasteiger partial charge on any atom is 0.281 e. The topological polar surface area (TPSA) is 64.2 Å². The molecule has 0 unspecified atom stereocenters. The molecule has 0 aliphatic carbocycles. The summed E-state index contributed by atoms with van der Waals surface area (Å²) in [4.78, 5) is 13.0. The van der Waals surface area contributed by atoms with Crippen molar-refractivity contribution in [1.29, 1.82) is 0 Å². The van der Waals surface area contributed by atoms with Crippen LogP contribution >= 0.6 is 11.6 Å². The number of halogens is 1. The zero-order chi connectivity index (χ0) is 14.1. The second-order valence-corrected chi connectivity index (χ2v) is 5.35. The maximum atomic E-state index is 11.0. The van der Waals surface area contributed by atoms with Crippen LogP contribution in [0.3, 0.4) is 0 Å². The van der Waals surface area contributed by atoms with E-state index in [1.165, 1.54) is 18.9 Å². The molecule has 0 radical (unpaired) electrons. The van der Waals surface area contributed by atoms with Gasteiger partial charge in [-0.25, -0.2) is 0 Å². The number of hydrogen-bond donors (Lipinski definition) is 0. The van der Waals surface area contributed by atoms with Crippen molar-refractivity contribution >= 4 is 28.2 Å². The molecule has 20 heavy (non-hydrogen) atoms. The third-order valence-electron chi connectivity index (χ3n) is 3.74. The van der Waals surface area contributed by atoms with Crippen LogP contribution in [0.1, 0.15) is 12.8 Å². The van der Waals surface area contributed by atoms with Gasteiger partial charge in [0.25, 0.3) is 5.69 Å². The van der Waals surface area contributed by atoms with Crippen molar-refractivity contribution in [3.05, 3.63) is 33.5 Å². The van der Waals surface area contributed by atoms with Gasteiger partial charge < -0.3 is 4.90 Å². The van der Waals surface area contributed by atoms with Crippen molar-refractivity contribution in [2.24, 2.45) is 0 Å². The predicted octanol–water partition coefficient (Wildman–Crippen LogP) is 2.69. The minimum atomic E-state index is -0.416. The SMILES string of the molecule is O=[N+]([O-])c1cccc2c1c(Cl)nn2CCN1CCCC1. The van der Waals surface area contributed by atoms with Crippen LogP contribution in [0.2, 0.25) is 5.15 Å². The van der Waals surface area contributed by atoms with Crippen LogP contribution in [0.4, 0.5) is 5.69 Å². The molecule has 1 aromatic heterocycles. The Morgan fingerprint density at radius 3 is 2.75 bits per heavy atom. The van der Waals surface area contributed by atoms with Gasteiger partial charge in [0, 0.05) is 12.6 Å². The number of nitro groups is 1. The van der Waals surface area contributed by atoms with E-state index in [1.54, 1.807) is 10.7 Å². The number of nitro benzene ring substituents is 1. The number of hydrogen-bond acceptors (Lipinski definition) is 4. The van der Waals surface area contributed by atoms with Crippen LogP contribution in [0.15, 0.2) is 18.2 Å². The monoisotopic (exact) mass is 294 g/mol. The molecule has 0 bridgehead atoms. The van der Waals surface area contributed by atoms with E-state index in [0.29, 0.717) is 11.9 Å². The van der Waals surface area contributed by atoms with Crippen LogP contribution in [-0.2, 0) is 6.54 Å². The van der Waals surface area contributed by atoms with Crippen LogP contribution in [0.25, 0.3) is 10.9 Å². The lowest BCUT2D eigenvalue weighted by molar-refractivity contribution is -0.383. The fraction of sp³-hybridized carbons (Fsp3) is 0.462. The molecule has 7 heteroatoms. The van der Waals surface area contributed by atoms with Gasteiger partial charge in [-0.15, -0.1) is 0 Å². The van der Waals surface area contributed by atoms with Gasteiger partial charge in [0.1, 0.15) is 5.39 Å². The molecule has 106 valence electrons. The summed E-state index contributed by atoms with van der Waals surface area (Å²) in [6.07, 6.45) is 2.48. The molecule has 1 aliphatic rings. The van der Waals surface area contributed by atoms with Crippen LogP contribution in [-0.4, -0.2) is 39.2 Å². The Morgan fingerprint density at radius 2 is 2.05 bits per heavy atom. The van der Waals surface area contributed by atoms with Crippen molar-refractivity contribution in [1.82, 2.24) is 14.7 Å². The Kier molecular flexibility index (Phi) is 3.58. The van der Waals surface area contributed by atoms with Gasteiger partial charge >= 0.3 is 0 Å². The smallest absolute Gasteiger partial charge is 0.281 e. The number of likely N-dealkylation sites (tertiary alicyclic amines) is 1. The van der Waals surface area contributed by atoms with Crippen molar-refractivity contribution < 1.29 is 4.92 Å². The molecule has 0 atom stereocenters. The summed E-state index contributed by atoms with van der Waals surface area (Å²) in [5.74, 6) is 0. The highest BCUT2D eigenvalue weighted by molar-refractivity contribution is 6.35. The lowest BCUT2D eigenvalue weighted by Gasteiger charge is -2.14. The molecule has 2 aromatic rings. The quantitative estimate of drug-likeness (QED) is 0.642. The molecule has 0 spiro atoms. The van der Waals surface area contributed by atoms with Gasteiger partial charge in [-0.05, 0) is 32.0 Å². The molecule has 3 rings (SSSR count). The minimum Gasteiger partial charge on any atom is -0.301 e. The van der Waals surface area contributed by atoms with Crippen LogP contribution in [0, 0.1) is 10.1 Å². The summed E-state index contributed by atoms with van der Waals surface area (Å²) in [5, 5.41) is 15.9. The number of aromatic nitrogens is 2. The highest BCUT2D eigenvalue weighted by Gasteiger charge is 2.20. The zero-order valence-corrected chi connectivity index (χ0v) is 11.7. The second-order valence-electron chi connectivity index (χ2n) is 4.99. The average molecular weight is 295 g/mol. The Morgan fingerprint density at radius 1 is 1.30 bits per heavy atom. The molecule has 2 heterocycles. The number of fused-ring (bicyclic) bond motifs is 1. The molecule has 0 saturated carbocycles. The first kappa shape index (κ1) is 13.3. The lowest BCUT2D eigenvalue weighted by Crippen LogP contribution is -2.24. The van der Waals surface area contributed by atoms with Gasteiger partial charge in [0.2, 0.25) is 0 Å². The van der Waals surface area contributed by atoms with Gasteiger partial charge in [-0.2, -0.15) is 5.10 Å². The third-order valence-corrected chi connectivity index (χ3v) is 4.00. The molecule has 0 amide bonds. The first-order chi connectivity index (χ1) is 9.66. The fourth-order valence-electron chi connectivity index (χ4n) is 2.73. The number of nitrogens with zero attached hydrogens (tertiary/aromatic N) is 4. The van der Waals surface area contributed by atoms with Gasteiger partial charge in [0.15, 0.2) is 5.15 Å². The average Bonchev–Trinajstić information content (AvgIpc) is 3.05. The summed E-state index contributed by atoms with van der Waals surface area (Å²) < 4.78 is 1.77. The fourth-order valence-corrected chi connectivity index (χ4v) is 3.01. The van der Waals surface area contributed by atoms with Crippen molar-refractivity contribution in [2.75, 3.05) is 19.6 Å². The molecular formula is C13H15ClN4O2. The van der Waals surface area contributed by atoms with Crippen molar-refractivity contribution in [3.63, 3.8) is 0 Å². The molecule has 1 saturated heterocycles. The molecule has 0 N–H and O–H groups in total. The second kappa shape index (κ2) is 5.38. The van der Waals surface area contributed by atoms with Crippen molar-refractivity contribution in [3.8, 4) is 0 Å². The summed E-state index contributed by atoms with van der Waals surface area (Å²) in [6, 6.07) is 4.96. The lowest BCUT2D eigenvalue weighted by atomic mass is 10.2. The summed E-state index contributed by atoms with van der Waals surface area (Å²) in [5.41, 5.74) is 0.739. The van der Waals surface area contributed by atoms with Gasteiger partial charge in [0.05, 0.1) is 17.0 Å². The van der Waals surface area contributed by atoms with Crippen molar-refractivity contribution in [2.45, 2.75) is 19.4 Å². The Hall–Kier alpha value is -1.66. The van der Waals surface area contributed by atoms with Crippen LogP contribution < -0.4 is 0 Å². The standard InChI is InChI=1S/C13H15ClN4O2/c14-13-12-10(4-3-5-11(12)18(19)20)17(15-13)9-8-16-6-1-2-7-16/h3-5H,1-2,6-9H2. The van der Waals surface area contributed by atoms with E-state index in [0.717, 1.165) is 25.2 Å². The maximum absolute atomic E-state index is 11.0. The van der Waals surface area contributed by atoms with E-state index in [9.17, 15) is 10.1 Å². The van der Waals surface area contributed by atoms with E-state index in [-0.39, 0.29) is 10.8 Å². The largest absolute Gasteiger partial charge is 0.301 e. The summed E-state index contributed by atoms with van der Waals surface area (Å²) in [6.45, 7) is 3.83. The minimum absolute atomic E-state index is 0.0138. The summed E-state index contributed by atoms with van der Waals surface area (Å²) >= 11 is 6.07. The molecule has 1 aromatic carbocycles. The third kappa shape index (κ3) is 2.36. The first-order valence-electron chi connectivity index (χ1n) is 6.68. The predicted molar refractivity (Wildman–Crippen MR) is 77.1 cm³/mol. The zero-order valence-electron chi connectivity index (χ0n) is 11.0. The Bertz CT molecular complexity index is 649. The number of non-ortho nitro benzene ring substituents is 1. The van der Waals surface area contributed by atoms with E-state index in [1.807, 2.05) is 6.07 Å². The Labute approximate surface area is 121 Å². The molecular weight excluding hydrogens is 280 g/mol. The Balaban J connectivity index is 1.91. The normalized spacial score (nSPS) is 16.1. The highest BCUT2D eigenvalue weighted by Crippen LogP contribution is 2.31. The summed E-state index contributed by atoms with van der Waals surface area (Å²) in [7, 11) is 0. The number of rotatable bonds is 4. The molecule has 6 nitrogen and oxygen atoms in total.